The Morgan fingerprint density at radius 1 is 1.69 bits per heavy atom. The van der Waals surface area contributed by atoms with Crippen LogP contribution in [0.1, 0.15) is 23.7 Å². The standard InChI is InChI=1S/C12H12FNO2/c1-3-4-8(2)14-11-6-5-9(13)7-10(11)12(15)16/h1,5-8,14H,4H2,2H3,(H,15,16). The van der Waals surface area contributed by atoms with Crippen molar-refractivity contribution in [2.75, 3.05) is 5.32 Å². The number of hydrogen-bond donors (Lipinski definition) is 2. The van der Waals surface area contributed by atoms with Gasteiger partial charge in [0.1, 0.15) is 5.82 Å². The molecule has 0 aromatic heterocycles. The minimum atomic E-state index is -1.17. The van der Waals surface area contributed by atoms with Gasteiger partial charge in [-0.1, -0.05) is 0 Å². The Balaban J connectivity index is 2.96. The first-order chi connectivity index (χ1) is 7.54. The highest BCUT2D eigenvalue weighted by Crippen LogP contribution is 2.18. The molecule has 1 aromatic carbocycles. The maximum atomic E-state index is 12.9. The summed E-state index contributed by atoms with van der Waals surface area (Å²) in [5.74, 6) is 0.716. The zero-order valence-electron chi connectivity index (χ0n) is 8.83. The number of anilines is 1. The molecular weight excluding hydrogens is 209 g/mol. The van der Waals surface area contributed by atoms with Gasteiger partial charge in [0.15, 0.2) is 0 Å². The molecular formula is C12H12FNO2. The Morgan fingerprint density at radius 2 is 2.38 bits per heavy atom. The molecule has 0 saturated heterocycles. The number of benzene rings is 1. The number of hydrogen-bond acceptors (Lipinski definition) is 2. The average Bonchev–Trinajstić information content (AvgIpc) is 2.20. The Kier molecular flexibility index (Phi) is 3.90. The van der Waals surface area contributed by atoms with Crippen molar-refractivity contribution in [3.63, 3.8) is 0 Å². The number of rotatable bonds is 4. The van der Waals surface area contributed by atoms with Crippen LogP contribution in [0.2, 0.25) is 0 Å². The summed E-state index contributed by atoms with van der Waals surface area (Å²) < 4.78 is 12.9. The van der Waals surface area contributed by atoms with E-state index in [1.807, 2.05) is 6.92 Å². The predicted molar refractivity (Wildman–Crippen MR) is 59.9 cm³/mol. The zero-order valence-corrected chi connectivity index (χ0v) is 8.83. The molecule has 1 aromatic rings. The highest BCUT2D eigenvalue weighted by atomic mass is 19.1. The van der Waals surface area contributed by atoms with E-state index in [4.69, 9.17) is 11.5 Å². The minimum absolute atomic E-state index is 0.0615. The summed E-state index contributed by atoms with van der Waals surface area (Å²) in [6, 6.07) is 3.52. The monoisotopic (exact) mass is 221 g/mol. The molecule has 1 atom stereocenters. The first kappa shape index (κ1) is 12.1. The molecule has 0 aliphatic rings. The van der Waals surface area contributed by atoms with Crippen LogP contribution in [0, 0.1) is 18.2 Å². The van der Waals surface area contributed by atoms with Gasteiger partial charge in [0.05, 0.1) is 5.56 Å². The highest BCUT2D eigenvalue weighted by molar-refractivity contribution is 5.94. The zero-order chi connectivity index (χ0) is 12.1. The van der Waals surface area contributed by atoms with Gasteiger partial charge in [-0.15, -0.1) is 12.3 Å². The van der Waals surface area contributed by atoms with Crippen molar-refractivity contribution < 1.29 is 14.3 Å². The largest absolute Gasteiger partial charge is 0.478 e. The highest BCUT2D eigenvalue weighted by Gasteiger charge is 2.12. The number of nitrogens with one attached hydrogen (secondary N) is 1. The molecule has 1 unspecified atom stereocenters. The molecule has 0 radical (unpaired) electrons. The molecule has 0 fully saturated rings. The molecule has 2 N–H and O–H groups in total. The smallest absolute Gasteiger partial charge is 0.337 e. The van der Waals surface area contributed by atoms with Crippen LogP contribution < -0.4 is 5.32 Å². The van der Waals surface area contributed by atoms with Gasteiger partial charge in [0.2, 0.25) is 0 Å². The number of carbonyl (C=O) groups is 1. The normalized spacial score (nSPS) is 11.6. The second-order valence-electron chi connectivity index (χ2n) is 3.45. The van der Waals surface area contributed by atoms with Crippen LogP contribution >= 0.6 is 0 Å². The molecule has 0 bridgehead atoms. The molecule has 0 aliphatic carbocycles. The Hall–Kier alpha value is -2.02. The summed E-state index contributed by atoms with van der Waals surface area (Å²) in [6.45, 7) is 1.83. The number of aromatic carboxylic acids is 1. The summed E-state index contributed by atoms with van der Waals surface area (Å²) in [7, 11) is 0. The number of carboxylic acids is 1. The van der Waals surface area contributed by atoms with Gasteiger partial charge in [0.25, 0.3) is 0 Å². The summed E-state index contributed by atoms with van der Waals surface area (Å²) in [6.07, 6.45) is 5.61. The van der Waals surface area contributed by atoms with Gasteiger partial charge >= 0.3 is 5.97 Å². The van der Waals surface area contributed by atoms with Gasteiger partial charge in [0, 0.05) is 18.2 Å². The SMILES string of the molecule is C#CCC(C)Nc1ccc(F)cc1C(=O)O. The minimum Gasteiger partial charge on any atom is -0.478 e. The first-order valence-corrected chi connectivity index (χ1v) is 4.77. The van der Waals surface area contributed by atoms with E-state index in [1.165, 1.54) is 12.1 Å². The Bertz CT molecular complexity index is 437. The Labute approximate surface area is 93.3 Å². The summed E-state index contributed by atoms with van der Waals surface area (Å²) in [5, 5.41) is 11.8. The van der Waals surface area contributed by atoms with E-state index in [0.29, 0.717) is 12.1 Å². The average molecular weight is 221 g/mol. The molecule has 84 valence electrons. The third kappa shape index (κ3) is 2.99. The van der Waals surface area contributed by atoms with E-state index in [2.05, 4.69) is 11.2 Å². The van der Waals surface area contributed by atoms with Crippen LogP contribution in [0.4, 0.5) is 10.1 Å². The van der Waals surface area contributed by atoms with E-state index >= 15 is 0 Å². The molecule has 0 heterocycles. The van der Waals surface area contributed by atoms with Crippen molar-refractivity contribution >= 4 is 11.7 Å². The molecule has 16 heavy (non-hydrogen) atoms. The van der Waals surface area contributed by atoms with Gasteiger partial charge in [-0.25, -0.2) is 9.18 Å². The summed E-state index contributed by atoms with van der Waals surface area (Å²) >= 11 is 0. The van der Waals surface area contributed by atoms with Crippen LogP contribution in [-0.2, 0) is 0 Å². The molecule has 3 nitrogen and oxygen atoms in total. The quantitative estimate of drug-likeness (QED) is 0.767. The fourth-order valence-electron chi connectivity index (χ4n) is 1.31. The second kappa shape index (κ2) is 5.17. The number of halogens is 1. The van der Waals surface area contributed by atoms with Crippen molar-refractivity contribution in [3.8, 4) is 12.3 Å². The molecule has 0 saturated carbocycles. The van der Waals surface area contributed by atoms with Crippen LogP contribution in [-0.4, -0.2) is 17.1 Å². The van der Waals surface area contributed by atoms with Crippen molar-refractivity contribution in [1.29, 1.82) is 0 Å². The van der Waals surface area contributed by atoms with Gasteiger partial charge in [-0.2, -0.15) is 0 Å². The topological polar surface area (TPSA) is 49.3 Å². The Morgan fingerprint density at radius 3 is 2.94 bits per heavy atom. The lowest BCUT2D eigenvalue weighted by Crippen LogP contribution is -2.16. The van der Waals surface area contributed by atoms with Crippen molar-refractivity contribution in [2.45, 2.75) is 19.4 Å². The summed E-state index contributed by atoms with van der Waals surface area (Å²) in [5.41, 5.74) is 0.278. The van der Waals surface area contributed by atoms with E-state index in [9.17, 15) is 9.18 Å². The molecule has 0 amide bonds. The van der Waals surface area contributed by atoms with E-state index in [0.717, 1.165) is 6.07 Å². The maximum Gasteiger partial charge on any atom is 0.337 e. The summed E-state index contributed by atoms with van der Waals surface area (Å²) in [4.78, 5) is 10.9. The fraction of sp³-hybridized carbons (Fsp3) is 0.250. The molecule has 1 rings (SSSR count). The lowest BCUT2D eigenvalue weighted by molar-refractivity contribution is 0.0697. The number of terminal acetylenes is 1. The van der Waals surface area contributed by atoms with Crippen molar-refractivity contribution in [1.82, 2.24) is 0 Å². The molecule has 4 heteroatoms. The third-order valence-corrected chi connectivity index (χ3v) is 2.04. The molecule has 0 aliphatic heterocycles. The van der Waals surface area contributed by atoms with Crippen LogP contribution in [0.3, 0.4) is 0 Å². The van der Waals surface area contributed by atoms with Crippen LogP contribution in [0.5, 0.6) is 0 Å². The van der Waals surface area contributed by atoms with E-state index < -0.39 is 11.8 Å². The predicted octanol–water partition coefficient (Wildman–Crippen LogP) is 2.35. The fourth-order valence-corrected chi connectivity index (χ4v) is 1.31. The van der Waals surface area contributed by atoms with E-state index in [1.54, 1.807) is 0 Å². The number of carboxylic acid groups (broad SMARTS) is 1. The van der Waals surface area contributed by atoms with Crippen LogP contribution in [0.15, 0.2) is 18.2 Å². The van der Waals surface area contributed by atoms with Crippen molar-refractivity contribution in [2.24, 2.45) is 0 Å². The van der Waals surface area contributed by atoms with Gasteiger partial charge < -0.3 is 10.4 Å². The lowest BCUT2D eigenvalue weighted by Gasteiger charge is -2.14. The maximum absolute atomic E-state index is 12.9. The lowest BCUT2D eigenvalue weighted by atomic mass is 10.1. The van der Waals surface area contributed by atoms with Gasteiger partial charge in [-0.05, 0) is 25.1 Å². The van der Waals surface area contributed by atoms with Crippen LogP contribution in [0.25, 0.3) is 0 Å². The molecule has 0 spiro atoms. The van der Waals surface area contributed by atoms with Crippen molar-refractivity contribution in [3.05, 3.63) is 29.6 Å². The van der Waals surface area contributed by atoms with E-state index in [-0.39, 0.29) is 11.6 Å². The first-order valence-electron chi connectivity index (χ1n) is 4.77. The second-order valence-corrected chi connectivity index (χ2v) is 3.45. The third-order valence-electron chi connectivity index (χ3n) is 2.04. The van der Waals surface area contributed by atoms with Gasteiger partial charge in [-0.3, -0.25) is 0 Å².